The van der Waals surface area contributed by atoms with E-state index in [1.165, 1.54) is 11.7 Å². The summed E-state index contributed by atoms with van der Waals surface area (Å²) in [6.07, 6.45) is 0. The van der Waals surface area contributed by atoms with E-state index in [-0.39, 0.29) is 5.16 Å². The molecule has 7 nitrogen and oxygen atoms in total. The molecule has 9 heteroatoms. The predicted molar refractivity (Wildman–Crippen MR) is 81.4 cm³/mol. The average molecular weight is 408 g/mol. The molecule has 0 unspecified atom stereocenters. The summed E-state index contributed by atoms with van der Waals surface area (Å²) in [5.41, 5.74) is 0.768. The molecule has 0 bridgehead atoms. The number of nitrogens with two attached hydrogens (primary N) is 1. The molecule has 0 spiro atoms. The van der Waals surface area contributed by atoms with Crippen molar-refractivity contribution in [2.45, 2.75) is 11.7 Å². The average Bonchev–Trinajstić information content (AvgIpc) is 2.81. The van der Waals surface area contributed by atoms with Crippen molar-refractivity contribution in [3.05, 3.63) is 27.8 Å². The van der Waals surface area contributed by atoms with Crippen LogP contribution in [0.25, 0.3) is 11.4 Å². The van der Waals surface area contributed by atoms with Crippen molar-refractivity contribution in [1.29, 1.82) is 0 Å². The number of rotatable bonds is 5. The van der Waals surface area contributed by atoms with Gasteiger partial charge >= 0.3 is 0 Å². The quantitative estimate of drug-likeness (QED) is 0.740. The first kappa shape index (κ1) is 15.4. The van der Waals surface area contributed by atoms with Crippen molar-refractivity contribution in [2.24, 2.45) is 5.14 Å². The van der Waals surface area contributed by atoms with Crippen molar-refractivity contribution in [3.63, 3.8) is 0 Å². The van der Waals surface area contributed by atoms with Crippen molar-refractivity contribution in [2.75, 3.05) is 13.7 Å². The van der Waals surface area contributed by atoms with E-state index >= 15 is 0 Å². The van der Waals surface area contributed by atoms with E-state index in [4.69, 9.17) is 9.88 Å². The van der Waals surface area contributed by atoms with E-state index in [2.05, 4.69) is 32.8 Å². The summed E-state index contributed by atoms with van der Waals surface area (Å²) in [7, 11) is -2.39. The third-order valence-corrected chi connectivity index (χ3v) is 4.12. The molecule has 0 saturated carbocycles. The van der Waals surface area contributed by atoms with E-state index in [0.717, 1.165) is 9.13 Å². The largest absolute Gasteiger partial charge is 0.383 e. The summed E-state index contributed by atoms with van der Waals surface area (Å²) in [5.74, 6) is 0.447. The SMILES string of the molecule is COCCn1c(-c2ccc(I)cc2)nnc1S(N)(=O)=O. The van der Waals surface area contributed by atoms with Gasteiger partial charge in [-0.1, -0.05) is 12.1 Å². The molecule has 108 valence electrons. The lowest BCUT2D eigenvalue weighted by molar-refractivity contribution is 0.185. The molecule has 2 N–H and O–H groups in total. The van der Waals surface area contributed by atoms with Gasteiger partial charge in [-0.15, -0.1) is 10.2 Å². The molecule has 1 aromatic heterocycles. The molecule has 2 aromatic rings. The minimum absolute atomic E-state index is 0.261. The number of halogens is 1. The summed E-state index contributed by atoms with van der Waals surface area (Å²) in [5, 5.41) is 12.5. The van der Waals surface area contributed by atoms with Gasteiger partial charge in [0.1, 0.15) is 0 Å². The Morgan fingerprint density at radius 3 is 2.50 bits per heavy atom. The molecule has 0 aliphatic heterocycles. The number of hydrogen-bond donors (Lipinski definition) is 1. The molecule has 2 rings (SSSR count). The highest BCUT2D eigenvalue weighted by atomic mass is 127. The van der Waals surface area contributed by atoms with Gasteiger partial charge in [0.2, 0.25) is 0 Å². The second-order valence-electron chi connectivity index (χ2n) is 4.00. The Bertz CT molecular complexity index is 697. The molecular formula is C11H13IN4O3S. The first-order valence-electron chi connectivity index (χ1n) is 5.64. The lowest BCUT2D eigenvalue weighted by atomic mass is 10.2. The van der Waals surface area contributed by atoms with Crippen molar-refractivity contribution in [3.8, 4) is 11.4 Å². The lowest BCUT2D eigenvalue weighted by Gasteiger charge is -2.08. The van der Waals surface area contributed by atoms with Gasteiger partial charge in [0.15, 0.2) is 5.82 Å². The Morgan fingerprint density at radius 1 is 1.30 bits per heavy atom. The summed E-state index contributed by atoms with van der Waals surface area (Å²) >= 11 is 2.19. The molecule has 20 heavy (non-hydrogen) atoms. The number of hydrogen-bond acceptors (Lipinski definition) is 5. The standard InChI is InChI=1S/C11H13IN4O3S/c1-19-7-6-16-10(8-2-4-9(12)5-3-8)14-15-11(16)20(13,17)18/h2-5H,6-7H2,1H3,(H2,13,17,18). The van der Waals surface area contributed by atoms with Crippen LogP contribution >= 0.6 is 22.6 Å². The highest BCUT2D eigenvalue weighted by molar-refractivity contribution is 14.1. The van der Waals surface area contributed by atoms with Crippen LogP contribution < -0.4 is 5.14 Å². The molecule has 0 amide bonds. The Labute approximate surface area is 130 Å². The molecule has 1 heterocycles. The van der Waals surface area contributed by atoms with E-state index < -0.39 is 10.0 Å². The van der Waals surface area contributed by atoms with Gasteiger partial charge < -0.3 is 4.74 Å². The summed E-state index contributed by atoms with van der Waals surface area (Å²) in [6.45, 7) is 0.633. The Balaban J connectivity index is 2.53. The van der Waals surface area contributed by atoms with Crippen LogP contribution in [0.1, 0.15) is 0 Å². The number of ether oxygens (including phenoxy) is 1. The fourth-order valence-electron chi connectivity index (χ4n) is 1.70. The zero-order chi connectivity index (χ0) is 14.8. The van der Waals surface area contributed by atoms with Crippen LogP contribution in [-0.4, -0.2) is 36.9 Å². The number of benzene rings is 1. The number of primary sulfonamides is 1. The minimum Gasteiger partial charge on any atom is -0.383 e. The molecule has 0 radical (unpaired) electrons. The maximum absolute atomic E-state index is 11.5. The van der Waals surface area contributed by atoms with Crippen LogP contribution in [0.3, 0.4) is 0 Å². The fourth-order valence-corrected chi connectivity index (χ4v) is 2.69. The molecule has 1 aromatic carbocycles. The van der Waals surface area contributed by atoms with Gasteiger partial charge in [-0.3, -0.25) is 4.57 Å². The predicted octanol–water partition coefficient (Wildman–Crippen LogP) is 0.843. The van der Waals surface area contributed by atoms with Crippen LogP contribution in [0.4, 0.5) is 0 Å². The third kappa shape index (κ3) is 3.34. The van der Waals surface area contributed by atoms with E-state index in [1.54, 1.807) is 0 Å². The highest BCUT2D eigenvalue weighted by Crippen LogP contribution is 2.21. The second kappa shape index (κ2) is 6.16. The molecule has 0 fully saturated rings. The van der Waals surface area contributed by atoms with E-state index in [1.807, 2.05) is 24.3 Å². The van der Waals surface area contributed by atoms with Gasteiger partial charge in [-0.05, 0) is 34.7 Å². The maximum Gasteiger partial charge on any atom is 0.273 e. The smallest absolute Gasteiger partial charge is 0.273 e. The van der Waals surface area contributed by atoms with E-state index in [9.17, 15) is 8.42 Å². The van der Waals surface area contributed by atoms with Gasteiger partial charge in [0, 0.05) is 16.2 Å². The van der Waals surface area contributed by atoms with Gasteiger partial charge in [-0.25, -0.2) is 13.6 Å². The fraction of sp³-hybridized carbons (Fsp3) is 0.273. The monoisotopic (exact) mass is 408 g/mol. The summed E-state index contributed by atoms with van der Waals surface area (Å²) in [4.78, 5) is 0. The zero-order valence-electron chi connectivity index (χ0n) is 10.7. The van der Waals surface area contributed by atoms with Gasteiger partial charge in [0.05, 0.1) is 13.2 Å². The third-order valence-electron chi connectivity index (χ3n) is 2.59. The first-order valence-corrected chi connectivity index (χ1v) is 8.27. The van der Waals surface area contributed by atoms with Gasteiger partial charge in [0.25, 0.3) is 15.2 Å². The summed E-state index contributed by atoms with van der Waals surface area (Å²) < 4.78 is 30.6. The summed E-state index contributed by atoms with van der Waals surface area (Å²) in [6, 6.07) is 7.51. The highest BCUT2D eigenvalue weighted by Gasteiger charge is 2.21. The number of nitrogens with zero attached hydrogens (tertiary/aromatic N) is 3. The zero-order valence-corrected chi connectivity index (χ0v) is 13.6. The first-order chi connectivity index (χ1) is 9.43. The topological polar surface area (TPSA) is 100 Å². The normalized spacial score (nSPS) is 11.8. The van der Waals surface area contributed by atoms with Crippen molar-refractivity contribution in [1.82, 2.24) is 14.8 Å². The molecular weight excluding hydrogens is 395 g/mol. The molecule has 0 saturated heterocycles. The van der Waals surface area contributed by atoms with Crippen molar-refractivity contribution < 1.29 is 13.2 Å². The van der Waals surface area contributed by atoms with Crippen molar-refractivity contribution >= 4 is 32.6 Å². The Hall–Kier alpha value is -1.04. The second-order valence-corrected chi connectivity index (χ2v) is 6.70. The lowest BCUT2D eigenvalue weighted by Crippen LogP contribution is -2.20. The van der Waals surface area contributed by atoms with Crippen LogP contribution in [-0.2, 0) is 21.3 Å². The van der Waals surface area contributed by atoms with E-state index in [0.29, 0.717) is 19.0 Å². The Morgan fingerprint density at radius 2 is 1.95 bits per heavy atom. The van der Waals surface area contributed by atoms with Crippen LogP contribution in [0, 0.1) is 3.57 Å². The van der Waals surface area contributed by atoms with Crippen LogP contribution in [0.2, 0.25) is 0 Å². The molecule has 0 atom stereocenters. The Kier molecular flexibility index (Phi) is 4.73. The van der Waals surface area contributed by atoms with Gasteiger partial charge in [-0.2, -0.15) is 0 Å². The molecule has 0 aliphatic rings. The minimum atomic E-state index is -3.93. The maximum atomic E-state index is 11.5. The number of sulfonamides is 1. The van der Waals surface area contributed by atoms with Crippen LogP contribution in [0.5, 0.6) is 0 Å². The number of methoxy groups -OCH3 is 1. The molecule has 0 aliphatic carbocycles. The number of aromatic nitrogens is 3. The van der Waals surface area contributed by atoms with Crippen LogP contribution in [0.15, 0.2) is 29.4 Å².